The Labute approximate surface area is 174 Å². The van der Waals surface area contributed by atoms with Crippen molar-refractivity contribution in [2.24, 2.45) is 0 Å². The van der Waals surface area contributed by atoms with Crippen molar-refractivity contribution >= 4 is 16.9 Å². The zero-order valence-corrected chi connectivity index (χ0v) is 17.3. The van der Waals surface area contributed by atoms with Gasteiger partial charge < -0.3 is 14.1 Å². The predicted octanol–water partition coefficient (Wildman–Crippen LogP) is 4.60. The number of ether oxygens (including phenoxy) is 1. The Bertz CT molecular complexity index is 1150. The highest BCUT2D eigenvalue weighted by Crippen LogP contribution is 2.38. The second-order valence-electron chi connectivity index (χ2n) is 7.90. The van der Waals surface area contributed by atoms with Crippen LogP contribution in [0.4, 0.5) is 4.39 Å². The summed E-state index contributed by atoms with van der Waals surface area (Å²) in [4.78, 5) is 28.2. The molecule has 3 aromatic rings. The highest BCUT2D eigenvalue weighted by molar-refractivity contribution is 5.99. The zero-order valence-electron chi connectivity index (χ0n) is 17.3. The second-order valence-corrected chi connectivity index (χ2v) is 7.90. The number of hydrogen-bond donors (Lipinski definition) is 0. The van der Waals surface area contributed by atoms with Gasteiger partial charge in [-0.3, -0.25) is 9.59 Å². The van der Waals surface area contributed by atoms with Gasteiger partial charge in [0.25, 0.3) is 5.91 Å². The number of aryl methyl sites for hydroxylation is 1. The fourth-order valence-electron chi connectivity index (χ4n) is 3.91. The van der Waals surface area contributed by atoms with Crippen LogP contribution < -0.4 is 5.43 Å². The molecular formula is C24H24FNO4. The molecule has 6 heteroatoms. The van der Waals surface area contributed by atoms with Gasteiger partial charge in [0, 0.05) is 13.2 Å². The van der Waals surface area contributed by atoms with Crippen LogP contribution >= 0.6 is 0 Å². The molecule has 0 fully saturated rings. The lowest BCUT2D eigenvalue weighted by Crippen LogP contribution is -2.31. The first-order valence-corrected chi connectivity index (χ1v) is 10.1. The van der Waals surface area contributed by atoms with Crippen molar-refractivity contribution in [3.8, 4) is 0 Å². The molecule has 2 aromatic carbocycles. The highest BCUT2D eigenvalue weighted by Gasteiger charge is 2.42. The number of carbonyl (C=O) groups excluding carboxylic acids is 1. The minimum atomic E-state index is -0.617. The fourth-order valence-corrected chi connectivity index (χ4v) is 3.91. The maximum Gasteiger partial charge on any atom is 0.290 e. The Balaban J connectivity index is 1.81. The third-order valence-electron chi connectivity index (χ3n) is 5.30. The molecule has 1 amide bonds. The van der Waals surface area contributed by atoms with E-state index >= 15 is 0 Å². The molecule has 1 aliphatic heterocycles. The third kappa shape index (κ3) is 3.63. The van der Waals surface area contributed by atoms with Gasteiger partial charge in [-0.05, 0) is 57.0 Å². The molecule has 0 N–H and O–H groups in total. The molecule has 1 atom stereocenters. The molecule has 0 spiro atoms. The molecule has 156 valence electrons. The van der Waals surface area contributed by atoms with E-state index in [1.807, 2.05) is 26.8 Å². The van der Waals surface area contributed by atoms with Crippen LogP contribution in [0.15, 0.2) is 51.7 Å². The van der Waals surface area contributed by atoms with Gasteiger partial charge in [0.15, 0.2) is 5.43 Å². The van der Waals surface area contributed by atoms with Crippen molar-refractivity contribution in [1.29, 1.82) is 0 Å². The number of amides is 1. The van der Waals surface area contributed by atoms with Crippen molar-refractivity contribution in [3.63, 3.8) is 0 Å². The molecule has 1 aliphatic rings. The lowest BCUT2D eigenvalue weighted by atomic mass is 9.98. The van der Waals surface area contributed by atoms with Crippen LogP contribution in [0.25, 0.3) is 11.0 Å². The Morgan fingerprint density at radius 3 is 2.57 bits per heavy atom. The molecular weight excluding hydrogens is 385 g/mol. The van der Waals surface area contributed by atoms with E-state index in [0.29, 0.717) is 41.7 Å². The molecule has 30 heavy (non-hydrogen) atoms. The Morgan fingerprint density at radius 1 is 1.13 bits per heavy atom. The fraction of sp³-hybridized carbons (Fsp3) is 0.333. The molecule has 1 aromatic heterocycles. The van der Waals surface area contributed by atoms with Crippen LogP contribution in [0.2, 0.25) is 0 Å². The summed E-state index contributed by atoms with van der Waals surface area (Å²) in [6.07, 6.45) is 0.712. The standard InChI is InChI=1S/C24H24FNO4/c1-14(2)29-12-4-11-26-21(16-6-8-17(25)9-7-16)20-22(27)18-13-15(3)5-10-19(18)30-23(20)24(26)28/h5-10,13-14,21H,4,11-12H2,1-3H3/t21-/m0/s1. The van der Waals surface area contributed by atoms with E-state index in [-0.39, 0.29) is 29.0 Å². The first kappa shape index (κ1) is 20.3. The molecule has 4 rings (SSSR count). The van der Waals surface area contributed by atoms with E-state index in [1.165, 1.54) is 12.1 Å². The summed E-state index contributed by atoms with van der Waals surface area (Å²) in [6, 6.07) is 10.6. The van der Waals surface area contributed by atoms with E-state index in [9.17, 15) is 14.0 Å². The van der Waals surface area contributed by atoms with Crippen LogP contribution in [0, 0.1) is 12.7 Å². The van der Waals surface area contributed by atoms with Gasteiger partial charge in [-0.15, -0.1) is 0 Å². The molecule has 2 heterocycles. The zero-order chi connectivity index (χ0) is 21.4. The van der Waals surface area contributed by atoms with E-state index in [1.54, 1.807) is 29.2 Å². The number of hydrogen-bond acceptors (Lipinski definition) is 4. The van der Waals surface area contributed by atoms with Crippen molar-refractivity contribution in [2.45, 2.75) is 39.3 Å². The molecule has 5 nitrogen and oxygen atoms in total. The Hall–Kier alpha value is -2.99. The number of benzene rings is 2. The summed E-state index contributed by atoms with van der Waals surface area (Å²) in [5, 5.41) is 0.443. The smallest absolute Gasteiger partial charge is 0.290 e. The van der Waals surface area contributed by atoms with Crippen molar-refractivity contribution < 1.29 is 18.3 Å². The predicted molar refractivity (Wildman–Crippen MR) is 112 cm³/mol. The minimum Gasteiger partial charge on any atom is -0.450 e. The number of fused-ring (bicyclic) bond motifs is 2. The van der Waals surface area contributed by atoms with Crippen LogP contribution in [-0.2, 0) is 4.74 Å². The summed E-state index contributed by atoms with van der Waals surface area (Å²) >= 11 is 0. The van der Waals surface area contributed by atoms with Crippen LogP contribution in [0.3, 0.4) is 0 Å². The van der Waals surface area contributed by atoms with E-state index in [4.69, 9.17) is 9.15 Å². The van der Waals surface area contributed by atoms with Crippen molar-refractivity contribution in [1.82, 2.24) is 4.90 Å². The lowest BCUT2D eigenvalue weighted by Gasteiger charge is -2.25. The topological polar surface area (TPSA) is 59.8 Å². The summed E-state index contributed by atoms with van der Waals surface area (Å²) in [5.41, 5.74) is 2.08. The van der Waals surface area contributed by atoms with E-state index in [0.717, 1.165) is 5.56 Å². The third-order valence-corrected chi connectivity index (χ3v) is 5.30. The summed E-state index contributed by atoms with van der Waals surface area (Å²) in [6.45, 7) is 6.70. The van der Waals surface area contributed by atoms with Gasteiger partial charge in [-0.2, -0.15) is 0 Å². The largest absolute Gasteiger partial charge is 0.450 e. The summed E-state index contributed by atoms with van der Waals surface area (Å²) in [5.74, 6) is -0.639. The Kier molecular flexibility index (Phi) is 5.43. The number of halogens is 1. The van der Waals surface area contributed by atoms with E-state index < -0.39 is 6.04 Å². The van der Waals surface area contributed by atoms with Gasteiger partial charge in [0.2, 0.25) is 5.76 Å². The average Bonchev–Trinajstić information content (AvgIpc) is 2.99. The Morgan fingerprint density at radius 2 is 1.87 bits per heavy atom. The molecule has 0 aliphatic carbocycles. The minimum absolute atomic E-state index is 0.0652. The summed E-state index contributed by atoms with van der Waals surface area (Å²) < 4.78 is 25.0. The van der Waals surface area contributed by atoms with Crippen LogP contribution in [-0.4, -0.2) is 30.1 Å². The monoisotopic (exact) mass is 409 g/mol. The second kappa shape index (κ2) is 8.03. The maximum atomic E-state index is 13.5. The lowest BCUT2D eigenvalue weighted by molar-refractivity contribution is 0.0593. The van der Waals surface area contributed by atoms with Crippen LogP contribution in [0.1, 0.15) is 53.6 Å². The van der Waals surface area contributed by atoms with Gasteiger partial charge in [-0.25, -0.2) is 4.39 Å². The molecule has 0 saturated heterocycles. The quantitative estimate of drug-likeness (QED) is 0.558. The van der Waals surface area contributed by atoms with Crippen molar-refractivity contribution in [2.75, 3.05) is 13.2 Å². The van der Waals surface area contributed by atoms with Gasteiger partial charge in [-0.1, -0.05) is 23.8 Å². The van der Waals surface area contributed by atoms with Crippen molar-refractivity contribution in [3.05, 3.63) is 81.0 Å². The summed E-state index contributed by atoms with van der Waals surface area (Å²) in [7, 11) is 0. The molecule has 0 bridgehead atoms. The maximum absolute atomic E-state index is 13.5. The first-order valence-electron chi connectivity index (χ1n) is 10.1. The number of carbonyl (C=O) groups is 1. The first-order chi connectivity index (χ1) is 14.4. The number of rotatable bonds is 6. The van der Waals surface area contributed by atoms with Crippen LogP contribution in [0.5, 0.6) is 0 Å². The van der Waals surface area contributed by atoms with Gasteiger partial charge in [0.1, 0.15) is 11.4 Å². The SMILES string of the molecule is Cc1ccc2oc3c(c(=O)c2c1)[C@H](c1ccc(F)cc1)N(CCCOC(C)C)C3=O. The number of nitrogens with zero attached hydrogens (tertiary/aromatic N) is 1. The van der Waals surface area contributed by atoms with E-state index in [2.05, 4.69) is 0 Å². The molecule has 0 radical (unpaired) electrons. The molecule has 0 unspecified atom stereocenters. The highest BCUT2D eigenvalue weighted by atomic mass is 19.1. The average molecular weight is 409 g/mol. The van der Waals surface area contributed by atoms with Gasteiger partial charge in [0.05, 0.1) is 23.1 Å². The van der Waals surface area contributed by atoms with Gasteiger partial charge >= 0.3 is 0 Å². The molecule has 0 saturated carbocycles. The normalized spacial score (nSPS) is 16.0.